The van der Waals surface area contributed by atoms with Crippen molar-refractivity contribution in [3.8, 4) is 0 Å². The molecule has 0 aromatic heterocycles. The van der Waals surface area contributed by atoms with Gasteiger partial charge < -0.3 is 5.73 Å². The first-order valence-electron chi connectivity index (χ1n) is 4.61. The maximum Gasteiger partial charge on any atom is 0.417 e. The summed E-state index contributed by atoms with van der Waals surface area (Å²) in [5.74, 6) is 0. The molecule has 1 rings (SSSR count). The summed E-state index contributed by atoms with van der Waals surface area (Å²) >= 11 is 5.43. The van der Waals surface area contributed by atoms with Crippen LogP contribution in [0.2, 0.25) is 5.02 Å². The molecule has 0 aliphatic rings. The third-order valence-electron chi connectivity index (χ3n) is 2.13. The molecule has 1 aromatic rings. The lowest BCUT2D eigenvalue weighted by Crippen LogP contribution is -2.30. The first-order valence-corrected chi connectivity index (χ1v) is 4.99. The molecule has 0 fully saturated rings. The second kappa shape index (κ2) is 5.18. The van der Waals surface area contributed by atoms with Crippen LogP contribution in [-0.2, 0) is 12.6 Å². The minimum Gasteiger partial charge on any atom is -0.323 e. The Morgan fingerprint density at radius 3 is 2.24 bits per heavy atom. The molecule has 2 N–H and O–H groups in total. The third-order valence-corrected chi connectivity index (χ3v) is 2.45. The molecule has 17 heavy (non-hydrogen) atoms. The average molecular weight is 274 g/mol. The first kappa shape index (κ1) is 14.2. The van der Waals surface area contributed by atoms with Gasteiger partial charge in [-0.05, 0) is 24.1 Å². The van der Waals surface area contributed by atoms with E-state index in [1.54, 1.807) is 0 Å². The zero-order valence-corrected chi connectivity index (χ0v) is 9.19. The van der Waals surface area contributed by atoms with E-state index in [0.29, 0.717) is 0 Å². The molecule has 0 saturated heterocycles. The summed E-state index contributed by atoms with van der Waals surface area (Å²) in [5.41, 5.74) is 4.36. The van der Waals surface area contributed by atoms with Crippen LogP contribution in [0.3, 0.4) is 0 Å². The lowest BCUT2D eigenvalue weighted by Gasteiger charge is -2.13. The number of hydrogen-bond donors (Lipinski definition) is 1. The normalized spacial score (nSPS) is 14.1. The molecule has 0 aliphatic carbocycles. The van der Waals surface area contributed by atoms with E-state index < -0.39 is 29.2 Å². The summed E-state index contributed by atoms with van der Waals surface area (Å²) in [4.78, 5) is 0. The molecule has 0 aliphatic heterocycles. The van der Waals surface area contributed by atoms with Crippen molar-refractivity contribution < 1.29 is 22.0 Å². The average Bonchev–Trinajstić information content (AvgIpc) is 2.15. The molecule has 7 heteroatoms. The van der Waals surface area contributed by atoms with Crippen molar-refractivity contribution in [2.45, 2.75) is 25.1 Å². The van der Waals surface area contributed by atoms with Gasteiger partial charge in [-0.25, -0.2) is 8.78 Å². The predicted octanol–water partition coefficient (Wildman–Crippen LogP) is 3.49. The highest BCUT2D eigenvalue weighted by Crippen LogP contribution is 2.35. The van der Waals surface area contributed by atoms with E-state index in [9.17, 15) is 22.0 Å². The Morgan fingerprint density at radius 1 is 1.24 bits per heavy atom. The Labute approximate surface area is 99.4 Å². The van der Waals surface area contributed by atoms with E-state index in [1.807, 2.05) is 0 Å². The van der Waals surface area contributed by atoms with E-state index in [-0.39, 0.29) is 12.0 Å². The van der Waals surface area contributed by atoms with Crippen molar-refractivity contribution in [1.29, 1.82) is 0 Å². The van der Waals surface area contributed by atoms with Crippen LogP contribution in [0.4, 0.5) is 22.0 Å². The van der Waals surface area contributed by atoms with Crippen molar-refractivity contribution in [3.05, 3.63) is 34.3 Å². The zero-order chi connectivity index (χ0) is 13.2. The Kier molecular flexibility index (Phi) is 4.32. The molecule has 0 radical (unpaired) electrons. The zero-order valence-electron chi connectivity index (χ0n) is 8.44. The monoisotopic (exact) mass is 273 g/mol. The van der Waals surface area contributed by atoms with Crippen LogP contribution in [-0.4, -0.2) is 12.5 Å². The van der Waals surface area contributed by atoms with Gasteiger partial charge in [-0.3, -0.25) is 0 Å². The van der Waals surface area contributed by atoms with Crippen LogP contribution in [0.1, 0.15) is 11.1 Å². The lowest BCUT2D eigenvalue weighted by atomic mass is 10.0. The van der Waals surface area contributed by atoms with Crippen LogP contribution in [0, 0.1) is 0 Å². The van der Waals surface area contributed by atoms with Crippen molar-refractivity contribution >= 4 is 11.6 Å². The second-order valence-corrected chi connectivity index (χ2v) is 3.92. The molecule has 0 bridgehead atoms. The number of alkyl halides is 5. The van der Waals surface area contributed by atoms with Gasteiger partial charge in [0.2, 0.25) is 0 Å². The van der Waals surface area contributed by atoms with Gasteiger partial charge in [0.15, 0.2) is 0 Å². The Morgan fingerprint density at radius 2 is 1.82 bits per heavy atom. The molecule has 96 valence electrons. The molecule has 1 nitrogen and oxygen atoms in total. The summed E-state index contributed by atoms with van der Waals surface area (Å²) in [5, 5.41) is -0.517. The van der Waals surface area contributed by atoms with Gasteiger partial charge in [-0.1, -0.05) is 17.7 Å². The van der Waals surface area contributed by atoms with Crippen molar-refractivity contribution in [1.82, 2.24) is 0 Å². The molecular formula is C10H9ClF5N. The smallest absolute Gasteiger partial charge is 0.323 e. The third kappa shape index (κ3) is 3.81. The number of halogens is 6. The topological polar surface area (TPSA) is 26.0 Å². The fraction of sp³-hybridized carbons (Fsp3) is 0.400. The van der Waals surface area contributed by atoms with Gasteiger partial charge in [0.05, 0.1) is 16.6 Å². The van der Waals surface area contributed by atoms with Gasteiger partial charge >= 0.3 is 6.18 Å². The van der Waals surface area contributed by atoms with E-state index >= 15 is 0 Å². The summed E-state index contributed by atoms with van der Waals surface area (Å²) in [6.07, 6.45) is -7.51. The maximum absolute atomic E-state index is 12.3. The number of nitrogens with two attached hydrogens (primary N) is 1. The van der Waals surface area contributed by atoms with Crippen LogP contribution in [0.5, 0.6) is 0 Å². The van der Waals surface area contributed by atoms with Crippen molar-refractivity contribution in [3.63, 3.8) is 0 Å². The summed E-state index contributed by atoms with van der Waals surface area (Å²) in [7, 11) is 0. The SMILES string of the molecule is NC(Cc1ccc(C(F)(F)F)c(Cl)c1)C(F)F. The number of hydrogen-bond acceptors (Lipinski definition) is 1. The number of rotatable bonds is 3. The van der Waals surface area contributed by atoms with Gasteiger partial charge in [-0.2, -0.15) is 13.2 Å². The summed E-state index contributed by atoms with van der Waals surface area (Å²) in [6.45, 7) is 0. The lowest BCUT2D eigenvalue weighted by molar-refractivity contribution is -0.137. The van der Waals surface area contributed by atoms with Gasteiger partial charge in [0.1, 0.15) is 0 Å². The van der Waals surface area contributed by atoms with Gasteiger partial charge in [0, 0.05) is 0 Å². The van der Waals surface area contributed by atoms with Crippen LogP contribution in [0.25, 0.3) is 0 Å². The van der Waals surface area contributed by atoms with Crippen LogP contribution in [0.15, 0.2) is 18.2 Å². The predicted molar refractivity (Wildman–Crippen MR) is 54.1 cm³/mol. The quantitative estimate of drug-likeness (QED) is 0.838. The standard InChI is InChI=1S/C10H9ClF5N/c11-7-3-5(4-8(17)9(12)13)1-2-6(7)10(14,15)16/h1-3,8-9H,4,17H2. The molecule has 0 heterocycles. The Hall–Kier alpha value is -0.880. The van der Waals surface area contributed by atoms with Gasteiger partial charge in [0.25, 0.3) is 6.43 Å². The minimum atomic E-state index is -4.56. The van der Waals surface area contributed by atoms with E-state index in [0.717, 1.165) is 18.2 Å². The highest BCUT2D eigenvalue weighted by molar-refractivity contribution is 6.31. The van der Waals surface area contributed by atoms with E-state index in [1.165, 1.54) is 0 Å². The summed E-state index contributed by atoms with van der Waals surface area (Å²) < 4.78 is 61.3. The van der Waals surface area contributed by atoms with Gasteiger partial charge in [-0.15, -0.1) is 0 Å². The number of benzene rings is 1. The fourth-order valence-electron chi connectivity index (χ4n) is 1.28. The molecule has 1 atom stereocenters. The van der Waals surface area contributed by atoms with E-state index in [2.05, 4.69) is 0 Å². The highest BCUT2D eigenvalue weighted by Gasteiger charge is 2.33. The molecular weight excluding hydrogens is 265 g/mol. The molecule has 1 aromatic carbocycles. The summed E-state index contributed by atoms with van der Waals surface area (Å²) in [6, 6.07) is 1.45. The minimum absolute atomic E-state index is 0.227. The highest BCUT2D eigenvalue weighted by atomic mass is 35.5. The molecule has 0 spiro atoms. The first-order chi connectivity index (χ1) is 7.71. The molecule has 1 unspecified atom stereocenters. The van der Waals surface area contributed by atoms with Crippen molar-refractivity contribution in [2.24, 2.45) is 5.73 Å². The van der Waals surface area contributed by atoms with Crippen molar-refractivity contribution in [2.75, 3.05) is 0 Å². The Balaban J connectivity index is 2.90. The fourth-order valence-corrected chi connectivity index (χ4v) is 1.59. The second-order valence-electron chi connectivity index (χ2n) is 3.51. The van der Waals surface area contributed by atoms with Crippen LogP contribution < -0.4 is 5.73 Å². The van der Waals surface area contributed by atoms with E-state index in [4.69, 9.17) is 17.3 Å². The largest absolute Gasteiger partial charge is 0.417 e. The molecule has 0 amide bonds. The van der Waals surface area contributed by atoms with Crippen LogP contribution >= 0.6 is 11.6 Å². The maximum atomic E-state index is 12.3. The Bertz CT molecular complexity index is 391. The molecule has 0 saturated carbocycles.